The number of fused-ring (bicyclic) bond motifs is 3. The van der Waals surface area contributed by atoms with E-state index < -0.39 is 42.6 Å². The molecule has 0 aromatic heterocycles. The molecule has 156 valence electrons. The predicted octanol–water partition coefficient (Wildman–Crippen LogP) is 2.02. The fraction of sp³-hybridized carbons (Fsp3) is 0.500. The molecular weight excluding hydrogens is 376 g/mol. The molecule has 7 nitrogen and oxygen atoms in total. The number of esters is 3. The molecule has 0 unspecified atom stereocenters. The van der Waals surface area contributed by atoms with Crippen molar-refractivity contribution in [3.8, 4) is 0 Å². The van der Waals surface area contributed by atoms with E-state index in [9.17, 15) is 19.5 Å². The number of aliphatic hydroxyl groups excluding tert-OH is 1. The fourth-order valence-electron chi connectivity index (χ4n) is 4.52. The summed E-state index contributed by atoms with van der Waals surface area (Å²) in [5.41, 5.74) is 2.39. The molecule has 0 amide bonds. The van der Waals surface area contributed by atoms with E-state index in [-0.39, 0.29) is 29.6 Å². The van der Waals surface area contributed by atoms with Gasteiger partial charge in [0.25, 0.3) is 0 Å². The minimum absolute atomic E-state index is 0.00657. The Hall–Kier alpha value is -2.67. The summed E-state index contributed by atoms with van der Waals surface area (Å²) in [6.07, 6.45) is 3.42. The molecule has 2 fully saturated rings. The van der Waals surface area contributed by atoms with E-state index in [0.29, 0.717) is 6.42 Å². The van der Waals surface area contributed by atoms with Crippen molar-refractivity contribution in [2.24, 2.45) is 17.8 Å². The molecule has 1 aliphatic heterocycles. The van der Waals surface area contributed by atoms with Gasteiger partial charge in [-0.05, 0) is 25.3 Å². The second kappa shape index (κ2) is 8.37. The Balaban J connectivity index is 1.86. The summed E-state index contributed by atoms with van der Waals surface area (Å²) in [4.78, 5) is 36.1. The van der Waals surface area contributed by atoms with Crippen LogP contribution in [0.15, 0.2) is 47.6 Å². The minimum atomic E-state index is -0.719. The zero-order valence-corrected chi connectivity index (χ0v) is 16.7. The van der Waals surface area contributed by atoms with E-state index >= 15 is 0 Å². The highest BCUT2D eigenvalue weighted by Gasteiger charge is 2.54. The molecule has 5 atom stereocenters. The maximum atomic E-state index is 12.7. The highest BCUT2D eigenvalue weighted by atomic mass is 16.6. The fourth-order valence-corrected chi connectivity index (χ4v) is 4.52. The lowest BCUT2D eigenvalue weighted by Gasteiger charge is -2.28. The first-order valence-corrected chi connectivity index (χ1v) is 9.62. The lowest BCUT2D eigenvalue weighted by Crippen LogP contribution is -2.36. The standard InChI is InChI=1S/C22H26O7/c1-11-5-6-16-12(2)9-17(19-13(3)21(25)29-20(19)18(11)16)28-22(26)15(7-8-23)10-27-14(4)24/h5,7,16-20,23H,2-3,6,8-10H2,1,4H3/b15-7+/t16-,17+,18-,19+,20+/m0/s1. The van der Waals surface area contributed by atoms with Crippen molar-refractivity contribution in [1.82, 2.24) is 0 Å². The van der Waals surface area contributed by atoms with Crippen LogP contribution in [0.2, 0.25) is 0 Å². The SMILES string of the molecule is C=C1C(=O)O[C@@H]2[C@H]3C(C)=CC[C@H]3C(=C)C[C@@H](OC(=O)/C(=C/CO)COC(C)=O)[C@@H]12. The molecule has 1 saturated carbocycles. The highest BCUT2D eigenvalue weighted by molar-refractivity contribution is 5.92. The van der Waals surface area contributed by atoms with E-state index in [0.717, 1.165) is 17.6 Å². The van der Waals surface area contributed by atoms with E-state index in [4.69, 9.17) is 14.2 Å². The van der Waals surface area contributed by atoms with Crippen LogP contribution in [0.5, 0.6) is 0 Å². The zero-order chi connectivity index (χ0) is 21.3. The van der Waals surface area contributed by atoms with Gasteiger partial charge < -0.3 is 19.3 Å². The third-order valence-electron chi connectivity index (χ3n) is 5.95. The van der Waals surface area contributed by atoms with E-state index in [2.05, 4.69) is 19.2 Å². The number of allylic oxidation sites excluding steroid dienone is 1. The molecule has 1 N–H and O–H groups in total. The average Bonchev–Trinajstić information content (AvgIpc) is 3.14. The first-order chi connectivity index (χ1) is 13.7. The second-order valence-electron chi connectivity index (χ2n) is 7.74. The van der Waals surface area contributed by atoms with Gasteiger partial charge in [0, 0.05) is 24.8 Å². The van der Waals surface area contributed by atoms with Crippen molar-refractivity contribution < 1.29 is 33.7 Å². The summed E-state index contributed by atoms with van der Waals surface area (Å²) in [5, 5.41) is 9.19. The number of rotatable bonds is 5. The average molecular weight is 402 g/mol. The number of carbonyl (C=O) groups is 3. The maximum absolute atomic E-state index is 12.7. The van der Waals surface area contributed by atoms with Gasteiger partial charge in [-0.1, -0.05) is 30.4 Å². The van der Waals surface area contributed by atoms with Gasteiger partial charge in [0.1, 0.15) is 18.8 Å². The van der Waals surface area contributed by atoms with Crippen molar-refractivity contribution in [3.05, 3.63) is 47.6 Å². The predicted molar refractivity (Wildman–Crippen MR) is 103 cm³/mol. The molecular formula is C22H26O7. The summed E-state index contributed by atoms with van der Waals surface area (Å²) in [7, 11) is 0. The molecule has 1 heterocycles. The maximum Gasteiger partial charge on any atom is 0.337 e. The number of aliphatic hydroxyl groups is 1. The van der Waals surface area contributed by atoms with Crippen molar-refractivity contribution in [2.45, 2.75) is 38.9 Å². The Labute approximate surface area is 169 Å². The van der Waals surface area contributed by atoms with Gasteiger partial charge in [0.05, 0.1) is 18.1 Å². The van der Waals surface area contributed by atoms with Gasteiger partial charge in [-0.3, -0.25) is 4.79 Å². The minimum Gasteiger partial charge on any atom is -0.461 e. The van der Waals surface area contributed by atoms with E-state index in [1.807, 2.05) is 6.92 Å². The second-order valence-corrected chi connectivity index (χ2v) is 7.74. The third kappa shape index (κ3) is 4.05. The topological polar surface area (TPSA) is 99.1 Å². The highest BCUT2D eigenvalue weighted by Crippen LogP contribution is 2.51. The van der Waals surface area contributed by atoms with Gasteiger partial charge in [-0.25, -0.2) is 9.59 Å². The number of ether oxygens (including phenoxy) is 3. The van der Waals surface area contributed by atoms with Gasteiger partial charge in [-0.2, -0.15) is 0 Å². The number of carbonyl (C=O) groups excluding carboxylic acids is 3. The lowest BCUT2D eigenvalue weighted by atomic mass is 9.80. The van der Waals surface area contributed by atoms with Crippen LogP contribution in [0.3, 0.4) is 0 Å². The third-order valence-corrected chi connectivity index (χ3v) is 5.95. The van der Waals surface area contributed by atoms with Crippen LogP contribution in [0.25, 0.3) is 0 Å². The summed E-state index contributed by atoms with van der Waals surface area (Å²) in [5.74, 6) is -2.11. The smallest absolute Gasteiger partial charge is 0.337 e. The summed E-state index contributed by atoms with van der Waals surface area (Å²) in [6, 6.07) is 0. The quantitative estimate of drug-likeness (QED) is 0.325. The molecule has 3 rings (SSSR count). The zero-order valence-electron chi connectivity index (χ0n) is 16.7. The number of hydrogen-bond acceptors (Lipinski definition) is 7. The van der Waals surface area contributed by atoms with Crippen LogP contribution < -0.4 is 0 Å². The summed E-state index contributed by atoms with van der Waals surface area (Å²) < 4.78 is 16.3. The van der Waals surface area contributed by atoms with Gasteiger partial charge >= 0.3 is 17.9 Å². The van der Waals surface area contributed by atoms with Crippen LogP contribution in [0.4, 0.5) is 0 Å². The Morgan fingerprint density at radius 1 is 1.34 bits per heavy atom. The molecule has 2 aliphatic carbocycles. The van der Waals surface area contributed by atoms with Crippen LogP contribution in [0.1, 0.15) is 26.7 Å². The molecule has 0 aromatic carbocycles. The molecule has 7 heteroatoms. The molecule has 3 aliphatic rings. The van der Waals surface area contributed by atoms with Crippen molar-refractivity contribution in [2.75, 3.05) is 13.2 Å². The Morgan fingerprint density at radius 3 is 2.72 bits per heavy atom. The van der Waals surface area contributed by atoms with Crippen LogP contribution in [-0.2, 0) is 28.6 Å². The van der Waals surface area contributed by atoms with Gasteiger partial charge in [0.15, 0.2) is 0 Å². The van der Waals surface area contributed by atoms with Crippen LogP contribution in [-0.4, -0.2) is 48.4 Å². The van der Waals surface area contributed by atoms with E-state index in [1.165, 1.54) is 13.0 Å². The van der Waals surface area contributed by atoms with Gasteiger partial charge in [-0.15, -0.1) is 0 Å². The molecule has 0 aromatic rings. The largest absolute Gasteiger partial charge is 0.461 e. The van der Waals surface area contributed by atoms with E-state index in [1.54, 1.807) is 0 Å². The van der Waals surface area contributed by atoms with Gasteiger partial charge in [0.2, 0.25) is 0 Å². The lowest BCUT2D eigenvalue weighted by molar-refractivity contribution is -0.149. The van der Waals surface area contributed by atoms with Crippen molar-refractivity contribution >= 4 is 17.9 Å². The van der Waals surface area contributed by atoms with Crippen molar-refractivity contribution in [1.29, 1.82) is 0 Å². The Bertz CT molecular complexity index is 819. The van der Waals surface area contributed by atoms with Crippen LogP contribution >= 0.6 is 0 Å². The first-order valence-electron chi connectivity index (χ1n) is 9.62. The number of hydrogen-bond donors (Lipinski definition) is 1. The monoisotopic (exact) mass is 402 g/mol. The van der Waals surface area contributed by atoms with Crippen LogP contribution in [0, 0.1) is 17.8 Å². The Morgan fingerprint density at radius 2 is 2.07 bits per heavy atom. The molecule has 29 heavy (non-hydrogen) atoms. The molecule has 0 bridgehead atoms. The normalized spacial score (nSPS) is 31.4. The first kappa shape index (κ1) is 21.0. The summed E-state index contributed by atoms with van der Waals surface area (Å²) >= 11 is 0. The summed E-state index contributed by atoms with van der Waals surface area (Å²) in [6.45, 7) is 10.6. The molecule has 1 saturated heterocycles. The molecule has 0 spiro atoms. The van der Waals surface area contributed by atoms with Crippen molar-refractivity contribution in [3.63, 3.8) is 0 Å². The Kier molecular flexibility index (Phi) is 6.07. The molecule has 0 radical (unpaired) electrons.